The summed E-state index contributed by atoms with van der Waals surface area (Å²) in [4.78, 5) is 2.47. The van der Waals surface area contributed by atoms with Crippen molar-refractivity contribution < 1.29 is 9.05 Å². The molecule has 0 aliphatic carbocycles. The fourth-order valence-electron chi connectivity index (χ4n) is 1.60. The molecule has 1 heterocycles. The number of fused-ring (bicyclic) bond motifs is 1. The Hall–Kier alpha value is -0.480. The van der Waals surface area contributed by atoms with Crippen molar-refractivity contribution in [1.82, 2.24) is 0 Å². The second kappa shape index (κ2) is 4.89. The summed E-state index contributed by atoms with van der Waals surface area (Å²) in [7, 11) is -1.12. The number of hydrogen-bond acceptors (Lipinski definition) is 5. The lowest BCUT2D eigenvalue weighted by molar-refractivity contribution is 0.583. The maximum absolute atomic E-state index is 5.83. The Morgan fingerprint density at radius 2 is 1.56 bits per heavy atom. The molecule has 2 aromatic rings. The van der Waals surface area contributed by atoms with E-state index in [1.165, 1.54) is 0 Å². The molecule has 1 aliphatic heterocycles. The maximum Gasteiger partial charge on any atom is 0.326 e. The molecule has 92 valence electrons. The summed E-state index contributed by atoms with van der Waals surface area (Å²) < 4.78 is 11.6. The predicted octanol–water partition coefficient (Wildman–Crippen LogP) is 3.96. The zero-order chi connectivity index (χ0) is 12.7. The van der Waals surface area contributed by atoms with Gasteiger partial charge in [0.15, 0.2) is 11.5 Å². The van der Waals surface area contributed by atoms with Crippen LogP contribution < -0.4 is 14.4 Å². The summed E-state index contributed by atoms with van der Waals surface area (Å²) in [6.07, 6.45) is 0. The van der Waals surface area contributed by atoms with E-state index >= 15 is 0 Å². The summed E-state index contributed by atoms with van der Waals surface area (Å²) in [5.41, 5.74) is 0. The molecule has 0 radical (unpaired) electrons. The Balaban J connectivity index is 1.93. The van der Waals surface area contributed by atoms with Crippen LogP contribution in [0.5, 0.6) is 11.5 Å². The van der Waals surface area contributed by atoms with Crippen molar-refractivity contribution in [1.29, 1.82) is 0 Å². The Kier molecular flexibility index (Phi) is 3.41. The highest BCUT2D eigenvalue weighted by atomic mass is 32.1. The number of hydrogen-bond donors (Lipinski definition) is 3. The fraction of sp³-hybridized carbons (Fsp3) is 0. The van der Waals surface area contributed by atoms with E-state index in [1.807, 2.05) is 36.4 Å². The molecule has 0 fully saturated rings. The Morgan fingerprint density at radius 1 is 0.833 bits per heavy atom. The van der Waals surface area contributed by atoms with Crippen molar-refractivity contribution >= 4 is 51.6 Å². The van der Waals surface area contributed by atoms with Gasteiger partial charge in [-0.05, 0) is 36.4 Å². The van der Waals surface area contributed by atoms with Crippen LogP contribution in [0.2, 0.25) is 0 Å². The molecule has 2 nitrogen and oxygen atoms in total. The summed E-state index contributed by atoms with van der Waals surface area (Å²) in [6.45, 7) is 0. The second-order valence-electron chi connectivity index (χ2n) is 3.75. The van der Waals surface area contributed by atoms with E-state index in [1.54, 1.807) is 0 Å². The molecule has 3 rings (SSSR count). The monoisotopic (exact) mass is 312 g/mol. The normalized spacial score (nSPS) is 16.9. The third-order valence-electron chi connectivity index (χ3n) is 2.44. The third kappa shape index (κ3) is 2.32. The van der Waals surface area contributed by atoms with Crippen LogP contribution in [0.15, 0.2) is 51.1 Å². The molecule has 18 heavy (non-hydrogen) atoms. The summed E-state index contributed by atoms with van der Waals surface area (Å²) in [5, 5.41) is 1.01. The van der Waals surface area contributed by atoms with Gasteiger partial charge in [-0.1, -0.05) is 0 Å². The van der Waals surface area contributed by atoms with Crippen LogP contribution in [0.4, 0.5) is 0 Å². The van der Waals surface area contributed by atoms with Crippen LogP contribution in [-0.2, 0) is 0 Å². The molecule has 0 N–H and O–H groups in total. The minimum Gasteiger partial charge on any atom is -0.431 e. The lowest BCUT2D eigenvalue weighted by Gasteiger charge is -2.07. The minimum atomic E-state index is -1.12. The van der Waals surface area contributed by atoms with Crippen molar-refractivity contribution in [2.45, 2.75) is 14.7 Å². The van der Waals surface area contributed by atoms with E-state index < -0.39 is 8.38 Å². The van der Waals surface area contributed by atoms with Gasteiger partial charge in [-0.25, -0.2) is 0 Å². The topological polar surface area (TPSA) is 18.5 Å². The van der Waals surface area contributed by atoms with Crippen LogP contribution in [-0.4, -0.2) is 0 Å². The van der Waals surface area contributed by atoms with Gasteiger partial charge in [0, 0.05) is 9.79 Å². The summed E-state index contributed by atoms with van der Waals surface area (Å²) in [5.74, 6) is 1.39. The van der Waals surface area contributed by atoms with Crippen LogP contribution in [0.3, 0.4) is 0 Å². The van der Waals surface area contributed by atoms with E-state index in [0.717, 1.165) is 20.0 Å². The van der Waals surface area contributed by atoms with Gasteiger partial charge < -0.3 is 9.05 Å². The second-order valence-corrected chi connectivity index (χ2v) is 6.66. The van der Waals surface area contributed by atoms with E-state index in [4.69, 9.17) is 9.05 Å². The van der Waals surface area contributed by atoms with Crippen LogP contribution in [0, 0.1) is 0 Å². The van der Waals surface area contributed by atoms with Gasteiger partial charge in [0.1, 0.15) is 0 Å². The van der Waals surface area contributed by atoms with Crippen molar-refractivity contribution in [3.63, 3.8) is 0 Å². The molecule has 0 spiro atoms. The van der Waals surface area contributed by atoms with E-state index in [0.29, 0.717) is 11.5 Å². The first-order valence-electron chi connectivity index (χ1n) is 5.14. The number of benzene rings is 2. The zero-order valence-electron chi connectivity index (χ0n) is 9.07. The summed E-state index contributed by atoms with van der Waals surface area (Å²) in [6, 6.07) is 11.4. The molecule has 0 amide bonds. The molecule has 0 saturated heterocycles. The smallest absolute Gasteiger partial charge is 0.326 e. The van der Waals surface area contributed by atoms with Crippen LogP contribution in [0.25, 0.3) is 0 Å². The molecular formula is C12H9O2PS3. The molecule has 6 heteroatoms. The first kappa shape index (κ1) is 12.5. The standard InChI is InChI=1S/C12H9O2PS3/c16-8-3-1-7(2-4-8)15-13-10-5-9(17)6-11(18)12(10)14-15/h1-6,16-18H. The van der Waals surface area contributed by atoms with Crippen LogP contribution >= 0.6 is 46.3 Å². The molecule has 1 unspecified atom stereocenters. The Bertz CT molecular complexity index is 601. The van der Waals surface area contributed by atoms with E-state index in [9.17, 15) is 0 Å². The van der Waals surface area contributed by atoms with Gasteiger partial charge in [-0.3, -0.25) is 0 Å². The first-order chi connectivity index (χ1) is 8.63. The van der Waals surface area contributed by atoms with E-state index in [2.05, 4.69) is 37.9 Å². The van der Waals surface area contributed by atoms with Gasteiger partial charge in [0.05, 0.1) is 10.2 Å². The van der Waals surface area contributed by atoms with Crippen molar-refractivity contribution in [3.8, 4) is 11.5 Å². The van der Waals surface area contributed by atoms with Crippen molar-refractivity contribution in [2.75, 3.05) is 0 Å². The average Bonchev–Trinajstić information content (AvgIpc) is 2.74. The highest BCUT2D eigenvalue weighted by Gasteiger charge is 2.29. The highest BCUT2D eigenvalue weighted by molar-refractivity contribution is 7.81. The van der Waals surface area contributed by atoms with Gasteiger partial charge in [-0.2, -0.15) is 0 Å². The third-order valence-corrected chi connectivity index (χ3v) is 4.76. The van der Waals surface area contributed by atoms with Crippen molar-refractivity contribution in [2.24, 2.45) is 0 Å². The fourth-order valence-corrected chi connectivity index (χ4v) is 3.78. The van der Waals surface area contributed by atoms with E-state index in [-0.39, 0.29) is 0 Å². The molecule has 1 aliphatic rings. The predicted molar refractivity (Wildman–Crippen MR) is 82.4 cm³/mol. The highest BCUT2D eigenvalue weighted by Crippen LogP contribution is 2.54. The Labute approximate surface area is 123 Å². The van der Waals surface area contributed by atoms with Gasteiger partial charge in [0.2, 0.25) is 0 Å². The Morgan fingerprint density at radius 3 is 2.28 bits per heavy atom. The zero-order valence-corrected chi connectivity index (χ0v) is 12.6. The van der Waals surface area contributed by atoms with Crippen molar-refractivity contribution in [3.05, 3.63) is 36.4 Å². The number of rotatable bonds is 1. The quantitative estimate of drug-likeness (QED) is 0.547. The minimum absolute atomic E-state index is 0.692. The molecule has 0 saturated carbocycles. The largest absolute Gasteiger partial charge is 0.431 e. The lowest BCUT2D eigenvalue weighted by Crippen LogP contribution is -2.04. The van der Waals surface area contributed by atoms with Crippen LogP contribution in [0.1, 0.15) is 0 Å². The molecule has 1 atom stereocenters. The molecule has 0 aromatic heterocycles. The molecule has 0 bridgehead atoms. The average molecular weight is 312 g/mol. The summed E-state index contributed by atoms with van der Waals surface area (Å²) >= 11 is 12.9. The first-order valence-corrected chi connectivity index (χ1v) is 7.66. The van der Waals surface area contributed by atoms with Gasteiger partial charge in [-0.15, -0.1) is 37.9 Å². The van der Waals surface area contributed by atoms with Gasteiger partial charge >= 0.3 is 8.38 Å². The SMILES string of the molecule is Sc1ccc(P2Oc3cc(S)cc(S)c3O2)cc1. The maximum atomic E-state index is 5.83. The molecule has 2 aromatic carbocycles. The van der Waals surface area contributed by atoms with Gasteiger partial charge in [0.25, 0.3) is 0 Å². The number of thiol groups is 3. The molecular weight excluding hydrogens is 303 g/mol. The lowest BCUT2D eigenvalue weighted by atomic mass is 10.3.